The summed E-state index contributed by atoms with van der Waals surface area (Å²) < 4.78 is 33.4. The second kappa shape index (κ2) is 5.07. The van der Waals surface area contributed by atoms with E-state index in [1.54, 1.807) is 4.90 Å². The van der Waals surface area contributed by atoms with E-state index in [2.05, 4.69) is 11.4 Å². The number of hydrogen-bond donors (Lipinski definition) is 1. The molecule has 1 N–H and O–H groups in total. The summed E-state index contributed by atoms with van der Waals surface area (Å²) in [5.74, 6) is -3.01. The van der Waals surface area contributed by atoms with E-state index in [9.17, 15) is 13.6 Å². The van der Waals surface area contributed by atoms with Gasteiger partial charge in [-0.05, 0) is 18.4 Å². The molecule has 1 atom stereocenters. The lowest BCUT2D eigenvalue weighted by molar-refractivity contribution is -0.147. The summed E-state index contributed by atoms with van der Waals surface area (Å²) in [7, 11) is 0. The third-order valence-electron chi connectivity index (χ3n) is 4.36. The van der Waals surface area contributed by atoms with Gasteiger partial charge in [-0.15, -0.1) is 0 Å². The molecule has 1 amide bonds. The summed E-state index contributed by atoms with van der Waals surface area (Å²) in [6.07, 6.45) is 3.09. The molecule has 2 fully saturated rings. The number of amides is 1. The van der Waals surface area contributed by atoms with Crippen molar-refractivity contribution < 1.29 is 18.3 Å². The van der Waals surface area contributed by atoms with Crippen LogP contribution in [0.1, 0.15) is 19.3 Å². The smallest absolute Gasteiger partial charge is 0.261 e. The average Bonchev–Trinajstić information content (AvgIpc) is 2.69. The molecule has 0 unspecified atom stereocenters. The summed E-state index contributed by atoms with van der Waals surface area (Å²) in [4.78, 5) is 13.7. The Hall–Kier alpha value is -1.01. The molecule has 2 saturated heterocycles. The van der Waals surface area contributed by atoms with Crippen molar-refractivity contribution in [1.82, 2.24) is 10.2 Å². The van der Waals surface area contributed by atoms with E-state index >= 15 is 0 Å². The minimum absolute atomic E-state index is 0.212. The van der Waals surface area contributed by atoms with Crippen LogP contribution in [0.15, 0.2) is 11.6 Å². The Morgan fingerprint density at radius 2 is 2.25 bits per heavy atom. The molecule has 3 aliphatic rings. The molecule has 3 rings (SSSR count). The number of rotatable bonds is 2. The lowest BCUT2D eigenvalue weighted by Gasteiger charge is -2.42. The maximum atomic E-state index is 14.0. The Morgan fingerprint density at radius 1 is 1.40 bits per heavy atom. The van der Waals surface area contributed by atoms with Crippen LogP contribution in [0.4, 0.5) is 8.78 Å². The summed E-state index contributed by atoms with van der Waals surface area (Å²) in [5, 5.41) is 2.70. The molecule has 0 aromatic rings. The summed E-state index contributed by atoms with van der Waals surface area (Å²) in [6.45, 7) is 2.36. The quantitative estimate of drug-likeness (QED) is 0.775. The fraction of sp³-hybridized carbons (Fsp3) is 0.786. The Morgan fingerprint density at radius 3 is 2.90 bits per heavy atom. The summed E-state index contributed by atoms with van der Waals surface area (Å²) >= 11 is 0. The second-order valence-electron chi connectivity index (χ2n) is 6.17. The zero-order chi connectivity index (χ0) is 14.2. The lowest BCUT2D eigenvalue weighted by Crippen LogP contribution is -2.55. The number of nitrogens with one attached hydrogen (secondary N) is 1. The van der Waals surface area contributed by atoms with Crippen LogP contribution in [0, 0.1) is 5.41 Å². The first-order valence-corrected chi connectivity index (χ1v) is 7.13. The maximum Gasteiger partial charge on any atom is 0.261 e. The number of alkyl halides is 2. The van der Waals surface area contributed by atoms with Crippen molar-refractivity contribution in [2.24, 2.45) is 5.41 Å². The Kier molecular flexibility index (Phi) is 3.54. The van der Waals surface area contributed by atoms with Gasteiger partial charge in [0.1, 0.15) is 0 Å². The predicted molar refractivity (Wildman–Crippen MR) is 69.6 cm³/mol. The summed E-state index contributed by atoms with van der Waals surface area (Å²) in [5.41, 5.74) is 0.139. The fourth-order valence-electron chi connectivity index (χ4n) is 3.57. The highest BCUT2D eigenvalue weighted by Crippen LogP contribution is 2.43. The molecule has 0 aromatic heterocycles. The monoisotopic (exact) mass is 286 g/mol. The van der Waals surface area contributed by atoms with E-state index in [4.69, 9.17) is 4.74 Å². The van der Waals surface area contributed by atoms with Gasteiger partial charge in [0.05, 0.1) is 25.2 Å². The average molecular weight is 286 g/mol. The molecule has 1 spiro atoms. The number of nitrogens with zero attached hydrogens (tertiary/aromatic N) is 1. The van der Waals surface area contributed by atoms with E-state index in [-0.39, 0.29) is 18.9 Å². The van der Waals surface area contributed by atoms with Gasteiger partial charge >= 0.3 is 0 Å². The maximum absolute atomic E-state index is 14.0. The largest absolute Gasteiger partial charge is 0.377 e. The van der Waals surface area contributed by atoms with Gasteiger partial charge in [0.15, 0.2) is 0 Å². The Balaban J connectivity index is 1.74. The van der Waals surface area contributed by atoms with Crippen molar-refractivity contribution >= 4 is 5.91 Å². The highest BCUT2D eigenvalue weighted by atomic mass is 19.3. The molecule has 0 aliphatic carbocycles. The van der Waals surface area contributed by atoms with Crippen LogP contribution >= 0.6 is 0 Å². The molecule has 20 heavy (non-hydrogen) atoms. The molecular formula is C14H20F2N2O2. The third kappa shape index (κ3) is 2.72. The molecule has 4 nitrogen and oxygen atoms in total. The van der Waals surface area contributed by atoms with Crippen LogP contribution < -0.4 is 5.32 Å². The van der Waals surface area contributed by atoms with Crippen LogP contribution in [0.3, 0.4) is 0 Å². The van der Waals surface area contributed by atoms with E-state index in [0.29, 0.717) is 39.3 Å². The van der Waals surface area contributed by atoms with Crippen molar-refractivity contribution in [1.29, 1.82) is 0 Å². The number of carbonyl (C=O) groups is 1. The van der Waals surface area contributed by atoms with Gasteiger partial charge in [-0.1, -0.05) is 6.08 Å². The molecule has 0 aromatic carbocycles. The number of halogens is 2. The van der Waals surface area contributed by atoms with Crippen LogP contribution in [0.2, 0.25) is 0 Å². The molecule has 6 heteroatoms. The molecule has 0 saturated carbocycles. The minimum atomic E-state index is -2.80. The Bertz CT molecular complexity index is 439. The molecular weight excluding hydrogens is 266 g/mol. The van der Waals surface area contributed by atoms with Crippen molar-refractivity contribution in [2.45, 2.75) is 25.2 Å². The van der Waals surface area contributed by atoms with E-state index in [0.717, 1.165) is 12.0 Å². The van der Waals surface area contributed by atoms with Crippen LogP contribution in [-0.2, 0) is 9.53 Å². The number of ether oxygens (including phenoxy) is 1. The minimum Gasteiger partial charge on any atom is -0.377 e. The van der Waals surface area contributed by atoms with Gasteiger partial charge in [-0.25, -0.2) is 8.78 Å². The summed E-state index contributed by atoms with van der Waals surface area (Å²) in [6, 6.07) is 0. The molecule has 0 radical (unpaired) electrons. The van der Waals surface area contributed by atoms with Gasteiger partial charge in [-0.3, -0.25) is 9.69 Å². The first-order valence-electron chi connectivity index (χ1n) is 7.13. The van der Waals surface area contributed by atoms with Gasteiger partial charge in [0, 0.05) is 26.1 Å². The molecule has 3 heterocycles. The van der Waals surface area contributed by atoms with Crippen molar-refractivity contribution in [3.05, 3.63) is 11.6 Å². The lowest BCUT2D eigenvalue weighted by atomic mass is 9.77. The van der Waals surface area contributed by atoms with E-state index in [1.165, 1.54) is 0 Å². The van der Waals surface area contributed by atoms with Crippen LogP contribution in [-0.4, -0.2) is 56.1 Å². The molecule has 112 valence electrons. The van der Waals surface area contributed by atoms with E-state index < -0.39 is 11.3 Å². The van der Waals surface area contributed by atoms with E-state index in [1.807, 2.05) is 0 Å². The standard InChI is InChI=1S/C14H20F2N2O2/c15-14(16)8-13(3-4-17-12(13)19)9-18(10-14)6-11-2-1-5-20-7-11/h2H,1,3-10H2,(H,17,19)/t13-/m1/s1. The Labute approximate surface area is 117 Å². The molecule has 3 aliphatic heterocycles. The first kappa shape index (κ1) is 13.9. The normalized spacial score (nSPS) is 34.1. The molecule has 0 bridgehead atoms. The highest BCUT2D eigenvalue weighted by molar-refractivity contribution is 5.85. The zero-order valence-corrected chi connectivity index (χ0v) is 11.5. The SMILES string of the molecule is O=C1NCC[C@@]12CN(CC1=CCCOC1)CC(F)(F)C2. The highest BCUT2D eigenvalue weighted by Gasteiger charge is 2.54. The van der Waals surface area contributed by atoms with Gasteiger partial charge in [0.25, 0.3) is 5.92 Å². The van der Waals surface area contributed by atoms with Gasteiger partial charge in [0.2, 0.25) is 5.91 Å². The van der Waals surface area contributed by atoms with Crippen molar-refractivity contribution in [3.8, 4) is 0 Å². The number of carbonyl (C=O) groups excluding carboxylic acids is 1. The fourth-order valence-corrected chi connectivity index (χ4v) is 3.57. The van der Waals surface area contributed by atoms with Crippen molar-refractivity contribution in [2.75, 3.05) is 39.4 Å². The van der Waals surface area contributed by atoms with Crippen molar-refractivity contribution in [3.63, 3.8) is 0 Å². The van der Waals surface area contributed by atoms with Gasteiger partial charge < -0.3 is 10.1 Å². The number of likely N-dealkylation sites (tertiary alicyclic amines) is 1. The first-order chi connectivity index (χ1) is 9.49. The zero-order valence-electron chi connectivity index (χ0n) is 11.5. The number of piperidine rings is 1. The van der Waals surface area contributed by atoms with Crippen LogP contribution in [0.25, 0.3) is 0 Å². The van der Waals surface area contributed by atoms with Gasteiger partial charge in [-0.2, -0.15) is 0 Å². The topological polar surface area (TPSA) is 41.6 Å². The second-order valence-corrected chi connectivity index (χ2v) is 6.17. The number of hydrogen-bond acceptors (Lipinski definition) is 3. The van der Waals surface area contributed by atoms with Crippen LogP contribution in [0.5, 0.6) is 0 Å². The third-order valence-corrected chi connectivity index (χ3v) is 4.36. The predicted octanol–water partition coefficient (Wildman–Crippen LogP) is 1.18.